The van der Waals surface area contributed by atoms with Gasteiger partial charge in [0.05, 0.1) is 23.2 Å². The highest BCUT2D eigenvalue weighted by Gasteiger charge is 2.20. The second kappa shape index (κ2) is 6.50. The van der Waals surface area contributed by atoms with Crippen molar-refractivity contribution in [2.75, 3.05) is 13.7 Å². The number of benzene rings is 1. The van der Waals surface area contributed by atoms with E-state index in [1.165, 1.54) is 37.5 Å². The summed E-state index contributed by atoms with van der Waals surface area (Å²) in [6.45, 7) is 1.62. The van der Waals surface area contributed by atoms with Gasteiger partial charge in [-0.25, -0.2) is 22.5 Å². The van der Waals surface area contributed by atoms with Crippen LogP contribution in [0.3, 0.4) is 0 Å². The molecule has 5 nitrogen and oxygen atoms in total. The third kappa shape index (κ3) is 3.58. The molecule has 0 spiro atoms. The molecule has 1 aromatic carbocycles. The van der Waals surface area contributed by atoms with Gasteiger partial charge in [-0.05, 0) is 19.1 Å². The van der Waals surface area contributed by atoms with Crippen LogP contribution in [0, 0.1) is 12.7 Å². The maximum atomic E-state index is 13.9. The first-order valence-electron chi connectivity index (χ1n) is 6.15. The number of sulfonamides is 1. The van der Waals surface area contributed by atoms with Gasteiger partial charge >= 0.3 is 0 Å². The van der Waals surface area contributed by atoms with Gasteiger partial charge in [0.2, 0.25) is 10.0 Å². The minimum Gasteiger partial charge on any atom is -0.494 e. The summed E-state index contributed by atoms with van der Waals surface area (Å²) in [6, 6.07) is 2.64. The molecular weight excluding hydrogens is 315 g/mol. The molecule has 1 N–H and O–H groups in total. The Kier molecular flexibility index (Phi) is 4.92. The number of nitrogens with zero attached hydrogens (tertiary/aromatic N) is 1. The van der Waals surface area contributed by atoms with E-state index in [0.717, 1.165) is 5.69 Å². The second-order valence-corrected chi connectivity index (χ2v) is 6.79. The molecule has 0 amide bonds. The molecule has 0 unspecified atom stereocenters. The van der Waals surface area contributed by atoms with Crippen molar-refractivity contribution in [2.45, 2.75) is 18.2 Å². The van der Waals surface area contributed by atoms with Crippen LogP contribution in [-0.2, 0) is 16.4 Å². The van der Waals surface area contributed by atoms with Crippen LogP contribution in [0.2, 0.25) is 0 Å². The van der Waals surface area contributed by atoms with E-state index in [-0.39, 0.29) is 22.8 Å². The van der Waals surface area contributed by atoms with Gasteiger partial charge in [0.1, 0.15) is 0 Å². The van der Waals surface area contributed by atoms with Gasteiger partial charge in [0, 0.05) is 23.9 Å². The Balaban J connectivity index is 2.14. The molecule has 8 heteroatoms. The molecule has 2 aromatic rings. The van der Waals surface area contributed by atoms with Crippen molar-refractivity contribution in [3.63, 3.8) is 0 Å². The lowest BCUT2D eigenvalue weighted by Gasteiger charge is -2.11. The van der Waals surface area contributed by atoms with Gasteiger partial charge in [0.15, 0.2) is 11.6 Å². The molecule has 21 heavy (non-hydrogen) atoms. The smallest absolute Gasteiger partial charge is 0.240 e. The summed E-state index contributed by atoms with van der Waals surface area (Å²) in [6.07, 6.45) is 0.487. The van der Waals surface area contributed by atoms with Crippen molar-refractivity contribution in [3.8, 4) is 5.75 Å². The van der Waals surface area contributed by atoms with E-state index in [0.29, 0.717) is 6.42 Å². The molecule has 1 heterocycles. The highest BCUT2D eigenvalue weighted by atomic mass is 32.2. The predicted molar refractivity (Wildman–Crippen MR) is 78.7 cm³/mol. The summed E-state index contributed by atoms with van der Waals surface area (Å²) in [4.78, 5) is 3.99. The maximum absolute atomic E-state index is 13.9. The lowest BCUT2D eigenvalue weighted by molar-refractivity contribution is 0.384. The normalized spacial score (nSPS) is 11.6. The van der Waals surface area contributed by atoms with E-state index in [9.17, 15) is 12.8 Å². The number of methoxy groups -OCH3 is 1. The molecule has 0 bridgehead atoms. The van der Waals surface area contributed by atoms with Crippen molar-refractivity contribution in [1.29, 1.82) is 0 Å². The number of ether oxygens (including phenoxy) is 1. The number of thiazole rings is 1. The van der Waals surface area contributed by atoms with Crippen LogP contribution >= 0.6 is 11.3 Å². The number of hydrogen-bond donors (Lipinski definition) is 1. The topological polar surface area (TPSA) is 68.3 Å². The Hall–Kier alpha value is -1.51. The number of hydrogen-bond acceptors (Lipinski definition) is 5. The Labute approximate surface area is 126 Å². The third-order valence-corrected chi connectivity index (χ3v) is 5.21. The molecule has 0 aliphatic heterocycles. The first-order chi connectivity index (χ1) is 9.95. The highest BCUT2D eigenvalue weighted by Crippen LogP contribution is 2.25. The first kappa shape index (κ1) is 15.9. The summed E-state index contributed by atoms with van der Waals surface area (Å²) >= 11 is 1.45. The fourth-order valence-electron chi connectivity index (χ4n) is 1.84. The monoisotopic (exact) mass is 330 g/mol. The standard InChI is InChI=1S/C13H15FN2O3S2/c1-9-12(4-3-11(19-2)13(9)14)21(17,18)16-6-5-10-7-20-8-15-10/h3-4,7-8,16H,5-6H2,1-2H3. The Morgan fingerprint density at radius 2 is 2.19 bits per heavy atom. The summed E-state index contributed by atoms with van der Waals surface area (Å²) in [5.74, 6) is -0.645. The predicted octanol–water partition coefficient (Wildman–Crippen LogP) is 2.12. The largest absolute Gasteiger partial charge is 0.494 e. The van der Waals surface area contributed by atoms with Gasteiger partial charge in [-0.3, -0.25) is 0 Å². The van der Waals surface area contributed by atoms with Crippen molar-refractivity contribution in [3.05, 3.63) is 40.1 Å². The Bertz CT molecular complexity index is 715. The van der Waals surface area contributed by atoms with E-state index < -0.39 is 15.8 Å². The summed E-state index contributed by atoms with van der Waals surface area (Å²) in [5.41, 5.74) is 2.54. The molecular formula is C13H15FN2O3S2. The number of nitrogens with one attached hydrogen (secondary N) is 1. The van der Waals surface area contributed by atoms with Crippen LogP contribution in [0.1, 0.15) is 11.3 Å². The quantitative estimate of drug-likeness (QED) is 0.881. The van der Waals surface area contributed by atoms with Gasteiger partial charge in [-0.15, -0.1) is 11.3 Å². The Morgan fingerprint density at radius 3 is 2.81 bits per heavy atom. The minimum absolute atomic E-state index is 0.0222. The molecule has 0 aliphatic rings. The first-order valence-corrected chi connectivity index (χ1v) is 8.58. The lowest BCUT2D eigenvalue weighted by atomic mass is 10.2. The molecule has 0 radical (unpaired) electrons. The number of halogens is 1. The van der Waals surface area contributed by atoms with Crippen molar-refractivity contribution >= 4 is 21.4 Å². The molecule has 1 aromatic heterocycles. The van der Waals surface area contributed by atoms with Crippen LogP contribution in [0.5, 0.6) is 5.75 Å². The van der Waals surface area contributed by atoms with Gasteiger partial charge in [-0.2, -0.15) is 0 Å². The average Bonchev–Trinajstić information content (AvgIpc) is 2.94. The van der Waals surface area contributed by atoms with Crippen molar-refractivity contribution in [1.82, 2.24) is 9.71 Å². The van der Waals surface area contributed by atoms with Gasteiger partial charge < -0.3 is 4.74 Å². The average molecular weight is 330 g/mol. The zero-order valence-corrected chi connectivity index (χ0v) is 13.2. The third-order valence-electron chi connectivity index (χ3n) is 2.97. The fourth-order valence-corrected chi connectivity index (χ4v) is 3.70. The molecule has 0 atom stereocenters. The van der Waals surface area contributed by atoms with Gasteiger partial charge in [-0.1, -0.05) is 0 Å². The van der Waals surface area contributed by atoms with Crippen molar-refractivity contribution in [2.24, 2.45) is 0 Å². The van der Waals surface area contributed by atoms with Crippen LogP contribution < -0.4 is 9.46 Å². The number of aromatic nitrogens is 1. The van der Waals surface area contributed by atoms with E-state index in [4.69, 9.17) is 4.74 Å². The molecule has 114 valence electrons. The van der Waals surface area contributed by atoms with Crippen LogP contribution in [0.25, 0.3) is 0 Å². The fraction of sp³-hybridized carbons (Fsp3) is 0.308. The minimum atomic E-state index is -3.76. The van der Waals surface area contributed by atoms with Crippen molar-refractivity contribution < 1.29 is 17.5 Å². The molecule has 0 aliphatic carbocycles. The second-order valence-electron chi connectivity index (χ2n) is 4.33. The lowest BCUT2D eigenvalue weighted by Crippen LogP contribution is -2.27. The van der Waals surface area contributed by atoms with Crippen LogP contribution in [-0.4, -0.2) is 27.1 Å². The SMILES string of the molecule is COc1ccc(S(=O)(=O)NCCc2cscn2)c(C)c1F. The van der Waals surface area contributed by atoms with Crippen LogP contribution in [0.4, 0.5) is 4.39 Å². The van der Waals surface area contributed by atoms with E-state index in [1.54, 1.807) is 5.51 Å². The summed E-state index contributed by atoms with van der Waals surface area (Å²) in [7, 11) is -2.43. The Morgan fingerprint density at radius 1 is 1.43 bits per heavy atom. The summed E-state index contributed by atoms with van der Waals surface area (Å²) in [5, 5.41) is 1.85. The van der Waals surface area contributed by atoms with E-state index in [1.807, 2.05) is 5.38 Å². The van der Waals surface area contributed by atoms with Gasteiger partial charge in [0.25, 0.3) is 0 Å². The molecule has 0 saturated carbocycles. The van der Waals surface area contributed by atoms with Crippen LogP contribution in [0.15, 0.2) is 27.9 Å². The zero-order valence-electron chi connectivity index (χ0n) is 11.6. The number of rotatable bonds is 6. The molecule has 0 fully saturated rings. The zero-order chi connectivity index (χ0) is 15.5. The summed E-state index contributed by atoms with van der Waals surface area (Å²) < 4.78 is 45.6. The van der Waals surface area contributed by atoms with E-state index >= 15 is 0 Å². The molecule has 0 saturated heterocycles. The maximum Gasteiger partial charge on any atom is 0.240 e. The highest BCUT2D eigenvalue weighted by molar-refractivity contribution is 7.89. The molecule has 2 rings (SSSR count). The van der Waals surface area contributed by atoms with E-state index in [2.05, 4.69) is 9.71 Å².